The maximum atomic E-state index is 12.1. The van der Waals surface area contributed by atoms with Gasteiger partial charge in [-0.3, -0.25) is 4.90 Å². The monoisotopic (exact) mass is 281 g/mol. The van der Waals surface area contributed by atoms with E-state index in [4.69, 9.17) is 0 Å². The van der Waals surface area contributed by atoms with Crippen molar-refractivity contribution >= 4 is 6.03 Å². The van der Waals surface area contributed by atoms with Crippen LogP contribution in [0.2, 0.25) is 0 Å². The first-order valence-electron chi connectivity index (χ1n) is 6.51. The Morgan fingerprint density at radius 3 is 2.58 bits per heavy atom. The Bertz CT molecular complexity index is 307. The van der Waals surface area contributed by atoms with Crippen LogP contribution in [0.5, 0.6) is 0 Å². The number of hydrogen-bond donors (Lipinski definition) is 1. The largest absolute Gasteiger partial charge is 0.390 e. The molecule has 0 aromatic rings. The minimum Gasteiger partial charge on any atom is -0.334 e. The lowest BCUT2D eigenvalue weighted by Gasteiger charge is -2.23. The van der Waals surface area contributed by atoms with Crippen molar-refractivity contribution < 1.29 is 18.0 Å². The molecular formula is C12H22F3N3O. The fourth-order valence-corrected chi connectivity index (χ4v) is 2.05. The summed E-state index contributed by atoms with van der Waals surface area (Å²) in [5.41, 5.74) is 0. The highest BCUT2D eigenvalue weighted by molar-refractivity contribution is 5.74. The molecule has 1 atom stereocenters. The van der Waals surface area contributed by atoms with Crippen LogP contribution in [0.15, 0.2) is 0 Å². The van der Waals surface area contributed by atoms with Gasteiger partial charge in [0, 0.05) is 38.8 Å². The van der Waals surface area contributed by atoms with Gasteiger partial charge in [0.2, 0.25) is 0 Å². The van der Waals surface area contributed by atoms with E-state index in [1.165, 1.54) is 7.05 Å². The summed E-state index contributed by atoms with van der Waals surface area (Å²) in [5.74, 6) is 0. The lowest BCUT2D eigenvalue weighted by molar-refractivity contribution is -0.136. The van der Waals surface area contributed by atoms with Gasteiger partial charge >= 0.3 is 12.2 Å². The first kappa shape index (κ1) is 16.1. The molecule has 0 aromatic heterocycles. The molecule has 1 saturated heterocycles. The highest BCUT2D eigenvalue weighted by Crippen LogP contribution is 2.19. The summed E-state index contributed by atoms with van der Waals surface area (Å²) in [6.07, 6.45) is -4.35. The Morgan fingerprint density at radius 2 is 2.11 bits per heavy atom. The SMILES string of the molecule is CC(C)N1CCC(NC(=O)N(C)CCC(F)(F)F)C1. The smallest absolute Gasteiger partial charge is 0.334 e. The molecular weight excluding hydrogens is 259 g/mol. The Morgan fingerprint density at radius 1 is 1.47 bits per heavy atom. The highest BCUT2D eigenvalue weighted by Gasteiger charge is 2.29. The Labute approximate surface area is 111 Å². The third-order valence-electron chi connectivity index (χ3n) is 3.35. The first-order chi connectivity index (χ1) is 8.69. The highest BCUT2D eigenvalue weighted by atomic mass is 19.4. The van der Waals surface area contributed by atoms with Gasteiger partial charge in [-0.05, 0) is 20.3 Å². The standard InChI is InChI=1S/C12H22F3N3O/c1-9(2)18-6-4-10(8-18)16-11(19)17(3)7-5-12(13,14)15/h9-10H,4-8H2,1-3H3,(H,16,19). The van der Waals surface area contributed by atoms with Crippen molar-refractivity contribution in [1.29, 1.82) is 0 Å². The fraction of sp³-hybridized carbons (Fsp3) is 0.917. The molecule has 0 aromatic carbocycles. The molecule has 1 N–H and O–H groups in total. The molecule has 0 aliphatic carbocycles. The quantitative estimate of drug-likeness (QED) is 0.856. The van der Waals surface area contributed by atoms with Crippen LogP contribution >= 0.6 is 0 Å². The van der Waals surface area contributed by atoms with E-state index < -0.39 is 18.6 Å². The van der Waals surface area contributed by atoms with E-state index in [1.54, 1.807) is 0 Å². The van der Waals surface area contributed by atoms with E-state index in [2.05, 4.69) is 24.1 Å². The van der Waals surface area contributed by atoms with Crippen molar-refractivity contribution in [1.82, 2.24) is 15.1 Å². The molecule has 0 bridgehead atoms. The molecule has 0 radical (unpaired) electrons. The van der Waals surface area contributed by atoms with E-state index in [9.17, 15) is 18.0 Å². The van der Waals surface area contributed by atoms with Gasteiger partial charge in [-0.2, -0.15) is 13.2 Å². The maximum absolute atomic E-state index is 12.1. The fourth-order valence-electron chi connectivity index (χ4n) is 2.05. The molecule has 1 aliphatic heterocycles. The second-order valence-electron chi connectivity index (χ2n) is 5.31. The van der Waals surface area contributed by atoms with Crippen molar-refractivity contribution in [3.63, 3.8) is 0 Å². The lowest BCUT2D eigenvalue weighted by Crippen LogP contribution is -2.45. The second-order valence-corrected chi connectivity index (χ2v) is 5.31. The summed E-state index contributed by atoms with van der Waals surface area (Å²) >= 11 is 0. The second kappa shape index (κ2) is 6.45. The molecule has 7 heteroatoms. The van der Waals surface area contributed by atoms with Gasteiger partial charge in [0.25, 0.3) is 0 Å². The Hall–Kier alpha value is -0.980. The van der Waals surface area contributed by atoms with Crippen molar-refractivity contribution in [3.05, 3.63) is 0 Å². The molecule has 1 unspecified atom stereocenters. The van der Waals surface area contributed by atoms with Gasteiger partial charge in [0.05, 0.1) is 6.42 Å². The van der Waals surface area contributed by atoms with Gasteiger partial charge < -0.3 is 10.2 Å². The van der Waals surface area contributed by atoms with Crippen molar-refractivity contribution in [3.8, 4) is 0 Å². The normalized spacial score (nSPS) is 20.9. The van der Waals surface area contributed by atoms with Crippen LogP contribution in [0.25, 0.3) is 0 Å². The number of amides is 2. The van der Waals surface area contributed by atoms with Crippen LogP contribution in [0.3, 0.4) is 0 Å². The molecule has 1 fully saturated rings. The van der Waals surface area contributed by atoms with Crippen LogP contribution in [0, 0.1) is 0 Å². The number of urea groups is 1. The van der Waals surface area contributed by atoms with Gasteiger partial charge in [0.15, 0.2) is 0 Å². The van der Waals surface area contributed by atoms with E-state index in [-0.39, 0.29) is 12.6 Å². The molecule has 19 heavy (non-hydrogen) atoms. The molecule has 0 spiro atoms. The topological polar surface area (TPSA) is 35.6 Å². The predicted octanol–water partition coefficient (Wildman–Crippen LogP) is 2.06. The number of alkyl halides is 3. The number of halogens is 3. The molecule has 1 heterocycles. The number of carbonyl (C=O) groups excluding carboxylic acids is 1. The van der Waals surface area contributed by atoms with E-state index >= 15 is 0 Å². The van der Waals surface area contributed by atoms with Crippen molar-refractivity contribution in [2.45, 2.75) is 44.9 Å². The van der Waals surface area contributed by atoms with Gasteiger partial charge in [-0.15, -0.1) is 0 Å². The van der Waals surface area contributed by atoms with Gasteiger partial charge in [-0.25, -0.2) is 4.79 Å². The predicted molar refractivity (Wildman–Crippen MR) is 66.9 cm³/mol. The van der Waals surface area contributed by atoms with Crippen LogP contribution in [0.1, 0.15) is 26.7 Å². The third-order valence-corrected chi connectivity index (χ3v) is 3.35. The van der Waals surface area contributed by atoms with Crippen LogP contribution in [0.4, 0.5) is 18.0 Å². The summed E-state index contributed by atoms with van der Waals surface area (Å²) in [4.78, 5) is 15.0. The van der Waals surface area contributed by atoms with Gasteiger partial charge in [-0.1, -0.05) is 0 Å². The lowest BCUT2D eigenvalue weighted by atomic mass is 10.3. The third kappa shape index (κ3) is 5.67. The Balaban J connectivity index is 2.31. The van der Waals surface area contributed by atoms with E-state index in [0.29, 0.717) is 6.04 Å². The van der Waals surface area contributed by atoms with Crippen molar-refractivity contribution in [2.75, 3.05) is 26.7 Å². The van der Waals surface area contributed by atoms with Gasteiger partial charge in [0.1, 0.15) is 0 Å². The minimum absolute atomic E-state index is 0.0308. The average Bonchev–Trinajstić information content (AvgIpc) is 2.73. The van der Waals surface area contributed by atoms with Crippen LogP contribution in [-0.2, 0) is 0 Å². The van der Waals surface area contributed by atoms with Crippen molar-refractivity contribution in [2.24, 2.45) is 0 Å². The number of nitrogens with zero attached hydrogens (tertiary/aromatic N) is 2. The zero-order valence-electron chi connectivity index (χ0n) is 11.6. The Kier molecular flexibility index (Phi) is 5.46. The molecule has 1 rings (SSSR count). The minimum atomic E-state index is -4.23. The van der Waals surface area contributed by atoms with E-state index in [1.807, 2.05) is 0 Å². The summed E-state index contributed by atoms with van der Waals surface area (Å²) in [5, 5.41) is 2.78. The summed E-state index contributed by atoms with van der Waals surface area (Å²) in [6.45, 7) is 5.53. The van der Waals surface area contributed by atoms with E-state index in [0.717, 1.165) is 24.4 Å². The van der Waals surface area contributed by atoms with Crippen LogP contribution in [-0.4, -0.2) is 60.8 Å². The molecule has 0 saturated carbocycles. The first-order valence-corrected chi connectivity index (χ1v) is 6.51. The molecule has 112 valence electrons. The zero-order chi connectivity index (χ0) is 14.6. The summed E-state index contributed by atoms with van der Waals surface area (Å²) in [6, 6.07) is 0.0213. The van der Waals surface area contributed by atoms with Crippen LogP contribution < -0.4 is 5.32 Å². The maximum Gasteiger partial charge on any atom is 0.390 e. The number of carbonyl (C=O) groups is 1. The number of nitrogens with one attached hydrogen (secondary N) is 1. The number of likely N-dealkylation sites (tertiary alicyclic amines) is 1. The number of hydrogen-bond acceptors (Lipinski definition) is 2. The summed E-state index contributed by atoms with van der Waals surface area (Å²) < 4.78 is 36.2. The number of rotatable bonds is 4. The average molecular weight is 281 g/mol. The summed E-state index contributed by atoms with van der Waals surface area (Å²) in [7, 11) is 1.39. The zero-order valence-corrected chi connectivity index (χ0v) is 11.6. The molecule has 1 aliphatic rings. The molecule has 4 nitrogen and oxygen atoms in total. The molecule has 2 amide bonds.